The van der Waals surface area contributed by atoms with Gasteiger partial charge in [0.05, 0.1) is 12.8 Å². The van der Waals surface area contributed by atoms with Crippen molar-refractivity contribution < 1.29 is 19.8 Å². The quantitative estimate of drug-likeness (QED) is 0.505. The Morgan fingerprint density at radius 3 is 2.78 bits per heavy atom. The van der Waals surface area contributed by atoms with E-state index in [2.05, 4.69) is 15.7 Å². The summed E-state index contributed by atoms with van der Waals surface area (Å²) >= 11 is 0. The number of aliphatic carboxylic acids is 1. The van der Waals surface area contributed by atoms with E-state index < -0.39 is 24.6 Å². The zero-order chi connectivity index (χ0) is 13.5. The molecule has 0 saturated heterocycles. The van der Waals surface area contributed by atoms with E-state index in [9.17, 15) is 9.59 Å². The van der Waals surface area contributed by atoms with Crippen molar-refractivity contribution in [1.82, 2.24) is 20.4 Å². The van der Waals surface area contributed by atoms with Gasteiger partial charge in [0.2, 0.25) is 0 Å². The molecule has 8 nitrogen and oxygen atoms in total. The van der Waals surface area contributed by atoms with Gasteiger partial charge in [-0.05, 0) is 12.0 Å². The Kier molecular flexibility index (Phi) is 5.12. The van der Waals surface area contributed by atoms with Crippen molar-refractivity contribution in [2.75, 3.05) is 13.2 Å². The fourth-order valence-electron chi connectivity index (χ4n) is 1.32. The van der Waals surface area contributed by atoms with Crippen molar-refractivity contribution in [3.05, 3.63) is 18.0 Å². The van der Waals surface area contributed by atoms with Crippen LogP contribution in [0.15, 0.2) is 12.4 Å². The van der Waals surface area contributed by atoms with E-state index in [-0.39, 0.29) is 0 Å². The number of rotatable bonds is 6. The predicted octanol–water partition coefficient (Wildman–Crippen LogP) is -1.29. The van der Waals surface area contributed by atoms with Gasteiger partial charge >= 0.3 is 12.0 Å². The Morgan fingerprint density at radius 1 is 1.56 bits per heavy atom. The molecule has 0 unspecified atom stereocenters. The van der Waals surface area contributed by atoms with E-state index in [0.717, 1.165) is 5.56 Å². The van der Waals surface area contributed by atoms with Crippen LogP contribution in [0.3, 0.4) is 0 Å². The molecule has 1 aromatic rings. The summed E-state index contributed by atoms with van der Waals surface area (Å²) in [5, 5.41) is 25.9. The molecule has 0 radical (unpaired) electrons. The Morgan fingerprint density at radius 2 is 2.28 bits per heavy atom. The minimum atomic E-state index is -1.29. The number of nitrogens with zero attached hydrogens (tertiary/aromatic N) is 2. The Bertz CT molecular complexity index is 418. The highest BCUT2D eigenvalue weighted by Crippen LogP contribution is 1.95. The van der Waals surface area contributed by atoms with E-state index in [1.807, 2.05) is 6.20 Å². The molecule has 0 aliphatic rings. The molecular formula is C10H16N4O4. The van der Waals surface area contributed by atoms with Crippen LogP contribution in [0.25, 0.3) is 0 Å². The standard InChI is InChI=1S/C10H16N4O4/c1-14-5-7(4-12-14)2-3-11-10(18)13-8(6-15)9(16)17/h4-5,8,15H,2-3,6H2,1H3,(H,16,17)(H2,11,13,18)/t8-/m0/s1. The first kappa shape index (κ1) is 14.0. The molecule has 0 aliphatic heterocycles. The van der Waals surface area contributed by atoms with E-state index in [0.29, 0.717) is 13.0 Å². The van der Waals surface area contributed by atoms with Gasteiger partial charge in [0.15, 0.2) is 6.04 Å². The monoisotopic (exact) mass is 256 g/mol. The Labute approximate surface area is 104 Å². The predicted molar refractivity (Wildman–Crippen MR) is 62.0 cm³/mol. The Balaban J connectivity index is 2.26. The summed E-state index contributed by atoms with van der Waals surface area (Å²) in [7, 11) is 1.79. The van der Waals surface area contributed by atoms with Gasteiger partial charge in [-0.3, -0.25) is 4.68 Å². The minimum absolute atomic E-state index is 0.356. The topological polar surface area (TPSA) is 116 Å². The number of nitrogens with one attached hydrogen (secondary N) is 2. The van der Waals surface area contributed by atoms with Gasteiger partial charge in [-0.1, -0.05) is 0 Å². The zero-order valence-corrected chi connectivity index (χ0v) is 9.96. The number of hydrogen-bond donors (Lipinski definition) is 4. The van der Waals surface area contributed by atoms with Crippen molar-refractivity contribution in [2.45, 2.75) is 12.5 Å². The molecule has 1 atom stereocenters. The van der Waals surface area contributed by atoms with Crippen LogP contribution >= 0.6 is 0 Å². The van der Waals surface area contributed by atoms with Gasteiger partial charge in [-0.25, -0.2) is 9.59 Å². The third-order valence-electron chi connectivity index (χ3n) is 2.24. The van der Waals surface area contributed by atoms with Crippen molar-refractivity contribution in [1.29, 1.82) is 0 Å². The molecule has 2 amide bonds. The second-order valence-corrected chi connectivity index (χ2v) is 3.75. The maximum absolute atomic E-state index is 11.3. The van der Waals surface area contributed by atoms with Gasteiger partial charge in [0.25, 0.3) is 0 Å². The molecule has 0 bridgehead atoms. The number of carbonyl (C=O) groups is 2. The van der Waals surface area contributed by atoms with Crippen molar-refractivity contribution in [2.24, 2.45) is 7.05 Å². The molecule has 100 valence electrons. The molecule has 0 spiro atoms. The number of carboxylic acids is 1. The maximum Gasteiger partial charge on any atom is 0.328 e. The fraction of sp³-hybridized carbons (Fsp3) is 0.500. The highest BCUT2D eigenvalue weighted by atomic mass is 16.4. The van der Waals surface area contributed by atoms with Gasteiger partial charge in [0, 0.05) is 19.8 Å². The van der Waals surface area contributed by atoms with Crippen LogP contribution in [0.1, 0.15) is 5.56 Å². The average molecular weight is 256 g/mol. The first-order valence-corrected chi connectivity index (χ1v) is 5.38. The smallest absolute Gasteiger partial charge is 0.328 e. The summed E-state index contributed by atoms with van der Waals surface area (Å²) in [6.07, 6.45) is 4.11. The summed E-state index contributed by atoms with van der Waals surface area (Å²) in [4.78, 5) is 21.8. The lowest BCUT2D eigenvalue weighted by Crippen LogP contribution is -2.48. The molecule has 1 aromatic heterocycles. The molecule has 1 heterocycles. The molecule has 8 heteroatoms. The first-order valence-electron chi connectivity index (χ1n) is 5.38. The van der Waals surface area contributed by atoms with Crippen molar-refractivity contribution in [3.8, 4) is 0 Å². The van der Waals surface area contributed by atoms with E-state index in [1.165, 1.54) is 0 Å². The molecule has 0 saturated carbocycles. The summed E-state index contributed by atoms with van der Waals surface area (Å²) in [6.45, 7) is -0.291. The first-order chi connectivity index (χ1) is 8.52. The third-order valence-corrected chi connectivity index (χ3v) is 2.24. The lowest BCUT2D eigenvalue weighted by Gasteiger charge is -2.12. The van der Waals surface area contributed by atoms with Crippen molar-refractivity contribution >= 4 is 12.0 Å². The van der Waals surface area contributed by atoms with Gasteiger partial charge < -0.3 is 20.8 Å². The van der Waals surface area contributed by atoms with E-state index >= 15 is 0 Å². The summed E-state index contributed by atoms with van der Waals surface area (Å²) < 4.78 is 1.65. The molecule has 0 aromatic carbocycles. The largest absolute Gasteiger partial charge is 0.480 e. The highest BCUT2D eigenvalue weighted by molar-refractivity contribution is 5.82. The number of urea groups is 1. The number of aromatic nitrogens is 2. The normalized spacial score (nSPS) is 11.9. The fourth-order valence-corrected chi connectivity index (χ4v) is 1.32. The summed E-state index contributed by atoms with van der Waals surface area (Å²) in [5.74, 6) is -1.28. The van der Waals surface area contributed by atoms with Crippen LogP contribution in [-0.4, -0.2) is 51.2 Å². The second-order valence-electron chi connectivity index (χ2n) is 3.75. The number of aliphatic hydroxyl groups is 1. The van der Waals surface area contributed by atoms with Crippen LogP contribution in [0.2, 0.25) is 0 Å². The zero-order valence-electron chi connectivity index (χ0n) is 9.96. The number of aliphatic hydroxyl groups excluding tert-OH is 1. The molecule has 4 N–H and O–H groups in total. The van der Waals surface area contributed by atoms with Gasteiger partial charge in [0.1, 0.15) is 0 Å². The lowest BCUT2D eigenvalue weighted by atomic mass is 10.2. The molecule has 1 rings (SSSR count). The lowest BCUT2D eigenvalue weighted by molar-refractivity contribution is -0.140. The average Bonchev–Trinajstić information content (AvgIpc) is 2.71. The molecular weight excluding hydrogens is 240 g/mol. The molecule has 0 aliphatic carbocycles. The number of aryl methyl sites for hydroxylation is 1. The summed E-state index contributed by atoms with van der Waals surface area (Å²) in [6, 6.07) is -1.91. The van der Waals surface area contributed by atoms with Gasteiger partial charge in [-0.15, -0.1) is 0 Å². The molecule has 18 heavy (non-hydrogen) atoms. The van der Waals surface area contributed by atoms with Crippen molar-refractivity contribution in [3.63, 3.8) is 0 Å². The van der Waals surface area contributed by atoms with Crippen LogP contribution in [0.5, 0.6) is 0 Å². The second kappa shape index (κ2) is 6.60. The van der Waals surface area contributed by atoms with Crippen LogP contribution in [0, 0.1) is 0 Å². The molecule has 0 fully saturated rings. The maximum atomic E-state index is 11.3. The van der Waals surface area contributed by atoms with Crippen LogP contribution < -0.4 is 10.6 Å². The summed E-state index contributed by atoms with van der Waals surface area (Å²) in [5.41, 5.74) is 0.967. The third kappa shape index (κ3) is 4.42. The van der Waals surface area contributed by atoms with Gasteiger partial charge in [-0.2, -0.15) is 5.10 Å². The van der Waals surface area contributed by atoms with Crippen LogP contribution in [-0.2, 0) is 18.3 Å². The van der Waals surface area contributed by atoms with E-state index in [1.54, 1.807) is 17.9 Å². The van der Waals surface area contributed by atoms with Crippen LogP contribution in [0.4, 0.5) is 4.79 Å². The number of amides is 2. The SMILES string of the molecule is Cn1cc(CCNC(=O)N[C@@H](CO)C(=O)O)cn1. The highest BCUT2D eigenvalue weighted by Gasteiger charge is 2.18. The van der Waals surface area contributed by atoms with E-state index in [4.69, 9.17) is 10.2 Å². The Hall–Kier alpha value is -2.09. The number of hydrogen-bond acceptors (Lipinski definition) is 4. The number of carboxylic acid groups (broad SMARTS) is 1. The minimum Gasteiger partial charge on any atom is -0.480 e. The number of carbonyl (C=O) groups excluding carboxylic acids is 1.